The highest BCUT2D eigenvalue weighted by Crippen LogP contribution is 2.30. The molecule has 2 aliphatic heterocycles. The first kappa shape index (κ1) is 21.3. The maximum Gasteiger partial charge on any atom is 0.222 e. The molecule has 0 aromatic heterocycles. The molecule has 2 saturated heterocycles. The van der Waals surface area contributed by atoms with Gasteiger partial charge in [0, 0.05) is 43.0 Å². The molecule has 2 aromatic carbocycles. The van der Waals surface area contributed by atoms with Crippen LogP contribution in [0.3, 0.4) is 0 Å². The third-order valence-corrected chi connectivity index (χ3v) is 6.64. The van der Waals surface area contributed by atoms with Gasteiger partial charge in [-0.1, -0.05) is 60.7 Å². The Hall–Kier alpha value is -2.95. The van der Waals surface area contributed by atoms with Crippen LogP contribution in [0.15, 0.2) is 60.7 Å². The minimum Gasteiger partial charge on any atom is -0.350 e. The molecule has 0 bridgehead atoms. The average molecular weight is 419 g/mol. The van der Waals surface area contributed by atoms with Crippen molar-refractivity contribution in [1.29, 1.82) is 0 Å². The predicted octanol–water partition coefficient (Wildman–Crippen LogP) is 3.78. The van der Waals surface area contributed by atoms with Crippen molar-refractivity contribution in [1.82, 2.24) is 10.2 Å². The van der Waals surface area contributed by atoms with E-state index in [0.29, 0.717) is 32.4 Å². The lowest BCUT2D eigenvalue weighted by molar-refractivity contribution is -0.133. The zero-order valence-corrected chi connectivity index (χ0v) is 17.9. The molecule has 2 amide bonds. The van der Waals surface area contributed by atoms with Crippen molar-refractivity contribution in [3.8, 4) is 0 Å². The minimum atomic E-state index is -0.358. The van der Waals surface area contributed by atoms with Crippen LogP contribution >= 0.6 is 0 Å². The summed E-state index contributed by atoms with van der Waals surface area (Å²) in [6, 6.07) is 19.5. The number of nitrogens with one attached hydrogen (secondary N) is 1. The van der Waals surface area contributed by atoms with Gasteiger partial charge in [-0.25, -0.2) is 0 Å². The van der Waals surface area contributed by atoms with Crippen molar-refractivity contribution in [2.24, 2.45) is 5.92 Å². The van der Waals surface area contributed by atoms with Gasteiger partial charge in [0.25, 0.3) is 0 Å². The molecule has 5 heteroatoms. The van der Waals surface area contributed by atoms with Gasteiger partial charge in [-0.05, 0) is 37.7 Å². The summed E-state index contributed by atoms with van der Waals surface area (Å²) < 4.78 is 0. The first-order valence-electron chi connectivity index (χ1n) is 11.3. The Morgan fingerprint density at radius 3 is 2.42 bits per heavy atom. The number of carbonyl (C=O) groups is 3. The standard InChI is InChI=1S/C26H30N2O3/c29-23-13-15-26(27-23,18-20-8-3-1-4-9-20)16-14-24(30)28-17-7-12-22(19-28)25(31)21-10-5-2-6-11-21/h1-6,8-11,22H,7,12-19H2,(H,27,29)/t22-,26-/m0/s1. The van der Waals surface area contributed by atoms with Crippen LogP contribution in [0.4, 0.5) is 0 Å². The summed E-state index contributed by atoms with van der Waals surface area (Å²) in [7, 11) is 0. The Morgan fingerprint density at radius 1 is 1.03 bits per heavy atom. The molecule has 31 heavy (non-hydrogen) atoms. The molecule has 0 spiro atoms. The van der Waals surface area contributed by atoms with Gasteiger partial charge in [0.15, 0.2) is 5.78 Å². The highest BCUT2D eigenvalue weighted by Gasteiger charge is 2.38. The van der Waals surface area contributed by atoms with Crippen LogP contribution in [0.2, 0.25) is 0 Å². The molecule has 162 valence electrons. The van der Waals surface area contributed by atoms with Crippen molar-refractivity contribution in [3.05, 3.63) is 71.8 Å². The van der Waals surface area contributed by atoms with E-state index in [1.165, 1.54) is 5.56 Å². The molecule has 0 unspecified atom stereocenters. The summed E-state index contributed by atoms with van der Waals surface area (Å²) in [5, 5.41) is 3.16. The second kappa shape index (κ2) is 9.46. The summed E-state index contributed by atoms with van der Waals surface area (Å²) in [5.41, 5.74) is 1.53. The van der Waals surface area contributed by atoms with Crippen LogP contribution < -0.4 is 5.32 Å². The quantitative estimate of drug-likeness (QED) is 0.696. The number of carbonyl (C=O) groups excluding carboxylic acids is 3. The molecule has 0 aliphatic carbocycles. The lowest BCUT2D eigenvalue weighted by Crippen LogP contribution is -2.46. The number of hydrogen-bond acceptors (Lipinski definition) is 3. The van der Waals surface area contributed by atoms with Crippen molar-refractivity contribution in [2.75, 3.05) is 13.1 Å². The van der Waals surface area contributed by atoms with Gasteiger partial charge in [-0.15, -0.1) is 0 Å². The Morgan fingerprint density at radius 2 is 1.74 bits per heavy atom. The number of nitrogens with zero attached hydrogens (tertiary/aromatic N) is 1. The summed E-state index contributed by atoms with van der Waals surface area (Å²) in [5.74, 6) is 0.139. The molecule has 2 aliphatic rings. The van der Waals surface area contributed by atoms with Crippen molar-refractivity contribution in [3.63, 3.8) is 0 Å². The Labute approximate surface area is 183 Å². The van der Waals surface area contributed by atoms with Gasteiger partial charge in [0.2, 0.25) is 11.8 Å². The number of piperidine rings is 1. The van der Waals surface area contributed by atoms with E-state index in [0.717, 1.165) is 31.2 Å². The Kier molecular flexibility index (Phi) is 6.50. The van der Waals surface area contributed by atoms with E-state index in [9.17, 15) is 14.4 Å². The third-order valence-electron chi connectivity index (χ3n) is 6.64. The molecule has 0 radical (unpaired) electrons. The first-order valence-corrected chi connectivity index (χ1v) is 11.3. The number of hydrogen-bond donors (Lipinski definition) is 1. The highest BCUT2D eigenvalue weighted by atomic mass is 16.2. The molecule has 2 aromatic rings. The van der Waals surface area contributed by atoms with Crippen molar-refractivity contribution >= 4 is 17.6 Å². The smallest absolute Gasteiger partial charge is 0.222 e. The highest BCUT2D eigenvalue weighted by molar-refractivity contribution is 5.98. The number of Topliss-reactive ketones (excluding diaryl/α,β-unsaturated/α-hetero) is 1. The van der Waals surface area contributed by atoms with Gasteiger partial charge in [-0.2, -0.15) is 0 Å². The molecular formula is C26H30N2O3. The van der Waals surface area contributed by atoms with Crippen LogP contribution in [0.5, 0.6) is 0 Å². The zero-order valence-electron chi connectivity index (χ0n) is 17.9. The molecule has 2 fully saturated rings. The van der Waals surface area contributed by atoms with Crippen molar-refractivity contribution in [2.45, 2.75) is 50.5 Å². The minimum absolute atomic E-state index is 0.0647. The second-order valence-electron chi connectivity index (χ2n) is 8.90. The van der Waals surface area contributed by atoms with E-state index in [1.807, 2.05) is 53.4 Å². The lowest BCUT2D eigenvalue weighted by atomic mass is 9.84. The third kappa shape index (κ3) is 5.22. The maximum absolute atomic E-state index is 13.0. The Balaban J connectivity index is 1.37. The van der Waals surface area contributed by atoms with Gasteiger partial charge < -0.3 is 10.2 Å². The summed E-state index contributed by atoms with van der Waals surface area (Å²) in [6.07, 6.45) is 4.69. The van der Waals surface area contributed by atoms with Crippen LogP contribution in [-0.4, -0.2) is 41.1 Å². The average Bonchev–Trinajstić information content (AvgIpc) is 3.18. The fraction of sp³-hybridized carbons (Fsp3) is 0.423. The maximum atomic E-state index is 13.0. The number of benzene rings is 2. The number of ketones is 1. The van der Waals surface area contributed by atoms with Crippen LogP contribution in [0.1, 0.15) is 54.4 Å². The SMILES string of the molecule is O=C1CC[C@](CCC(=O)N2CCC[C@H](C(=O)c3ccccc3)C2)(Cc2ccccc2)N1. The summed E-state index contributed by atoms with van der Waals surface area (Å²) in [4.78, 5) is 39.7. The van der Waals surface area contributed by atoms with Crippen molar-refractivity contribution < 1.29 is 14.4 Å². The Bertz CT molecular complexity index is 928. The van der Waals surface area contributed by atoms with Crippen LogP contribution in [0.25, 0.3) is 0 Å². The van der Waals surface area contributed by atoms with E-state index < -0.39 is 0 Å². The lowest BCUT2D eigenvalue weighted by Gasteiger charge is -2.34. The molecule has 5 nitrogen and oxygen atoms in total. The van der Waals surface area contributed by atoms with E-state index in [4.69, 9.17) is 0 Å². The molecule has 0 saturated carbocycles. The number of rotatable bonds is 7. The summed E-state index contributed by atoms with van der Waals surface area (Å²) in [6.45, 7) is 1.19. The topological polar surface area (TPSA) is 66.5 Å². The van der Waals surface area contributed by atoms with E-state index >= 15 is 0 Å². The van der Waals surface area contributed by atoms with Crippen LogP contribution in [0, 0.1) is 5.92 Å². The zero-order chi connectivity index (χ0) is 21.7. The van der Waals surface area contributed by atoms with E-state index in [1.54, 1.807) is 0 Å². The molecule has 4 rings (SSSR count). The number of amides is 2. The first-order chi connectivity index (χ1) is 15.0. The monoisotopic (exact) mass is 418 g/mol. The van der Waals surface area contributed by atoms with Gasteiger partial charge in [-0.3, -0.25) is 14.4 Å². The van der Waals surface area contributed by atoms with E-state index in [2.05, 4.69) is 17.4 Å². The second-order valence-corrected chi connectivity index (χ2v) is 8.90. The van der Waals surface area contributed by atoms with Gasteiger partial charge >= 0.3 is 0 Å². The molecule has 2 atom stereocenters. The summed E-state index contributed by atoms with van der Waals surface area (Å²) >= 11 is 0. The number of likely N-dealkylation sites (tertiary alicyclic amines) is 1. The van der Waals surface area contributed by atoms with Gasteiger partial charge in [0.1, 0.15) is 0 Å². The van der Waals surface area contributed by atoms with Crippen LogP contribution in [-0.2, 0) is 16.0 Å². The fourth-order valence-corrected chi connectivity index (χ4v) is 4.93. The normalized spacial score (nSPS) is 23.4. The molecular weight excluding hydrogens is 388 g/mol. The predicted molar refractivity (Wildman–Crippen MR) is 120 cm³/mol. The fourth-order valence-electron chi connectivity index (χ4n) is 4.93. The largest absolute Gasteiger partial charge is 0.350 e. The van der Waals surface area contributed by atoms with E-state index in [-0.39, 0.29) is 29.1 Å². The molecule has 2 heterocycles. The van der Waals surface area contributed by atoms with Gasteiger partial charge in [0.05, 0.1) is 0 Å². The molecule has 1 N–H and O–H groups in total.